The molecule has 0 spiro atoms. The molecule has 0 aliphatic rings. The van der Waals surface area contributed by atoms with E-state index in [9.17, 15) is 4.39 Å². The van der Waals surface area contributed by atoms with Gasteiger partial charge in [-0.1, -0.05) is 6.07 Å². The van der Waals surface area contributed by atoms with Crippen LogP contribution in [0.15, 0.2) is 54.9 Å². The molecule has 4 aromatic rings. The topological polar surface area (TPSA) is 48.7 Å². The number of pyridine rings is 2. The lowest BCUT2D eigenvalue weighted by Gasteiger charge is -2.07. The summed E-state index contributed by atoms with van der Waals surface area (Å²) in [6.07, 6.45) is 3.67. The monoisotopic (exact) mass is 337 g/mol. The smallest absolute Gasteiger partial charge is 0.140 e. The predicted octanol–water partition coefficient (Wildman–Crippen LogP) is 3.71. The highest BCUT2D eigenvalue weighted by Gasteiger charge is 2.09. The number of rotatable bonds is 5. The van der Waals surface area contributed by atoms with E-state index in [1.54, 1.807) is 19.4 Å². The maximum absolute atomic E-state index is 13.3. The molecule has 0 aliphatic heterocycles. The van der Waals surface area contributed by atoms with Crippen LogP contribution in [0.2, 0.25) is 0 Å². The molecule has 0 unspecified atom stereocenters. The van der Waals surface area contributed by atoms with Crippen molar-refractivity contribution in [1.29, 1.82) is 0 Å². The van der Waals surface area contributed by atoms with Crippen LogP contribution in [0.3, 0.4) is 0 Å². The standard InChI is InChI=1S/C19H16FN3O2/c1-24-8-9-25-15-6-7-23-18(12-21-19(23)11-15)17-4-2-13-10-14(20)3-5-16(13)22-17/h2-7,10-12H,8-9H2,1H3. The van der Waals surface area contributed by atoms with Crippen LogP contribution < -0.4 is 4.74 Å². The van der Waals surface area contributed by atoms with Gasteiger partial charge in [-0.2, -0.15) is 0 Å². The number of halogens is 1. The van der Waals surface area contributed by atoms with E-state index >= 15 is 0 Å². The van der Waals surface area contributed by atoms with E-state index in [1.807, 2.05) is 34.9 Å². The van der Waals surface area contributed by atoms with Gasteiger partial charge in [0.1, 0.15) is 23.8 Å². The first-order valence-corrected chi connectivity index (χ1v) is 7.90. The van der Waals surface area contributed by atoms with Crippen molar-refractivity contribution in [2.75, 3.05) is 20.3 Å². The van der Waals surface area contributed by atoms with E-state index in [1.165, 1.54) is 12.1 Å². The Morgan fingerprint density at radius 1 is 1.08 bits per heavy atom. The lowest BCUT2D eigenvalue weighted by molar-refractivity contribution is 0.146. The Morgan fingerprint density at radius 3 is 2.88 bits per heavy atom. The third-order valence-corrected chi connectivity index (χ3v) is 3.95. The van der Waals surface area contributed by atoms with Crippen molar-refractivity contribution < 1.29 is 13.9 Å². The summed E-state index contributed by atoms with van der Waals surface area (Å²) in [5.74, 6) is 0.474. The van der Waals surface area contributed by atoms with Crippen LogP contribution in [0.4, 0.5) is 4.39 Å². The van der Waals surface area contributed by atoms with Crippen LogP contribution >= 0.6 is 0 Å². The number of imidazole rings is 1. The number of ether oxygens (including phenoxy) is 2. The van der Waals surface area contributed by atoms with Gasteiger partial charge in [-0.05, 0) is 30.3 Å². The molecule has 126 valence electrons. The summed E-state index contributed by atoms with van der Waals surface area (Å²) < 4.78 is 25.8. The molecular weight excluding hydrogens is 321 g/mol. The minimum absolute atomic E-state index is 0.266. The molecule has 5 nitrogen and oxygen atoms in total. The average Bonchev–Trinajstić information content (AvgIpc) is 3.05. The molecule has 0 N–H and O–H groups in total. The summed E-state index contributed by atoms with van der Waals surface area (Å²) in [6, 6.07) is 12.1. The fourth-order valence-corrected chi connectivity index (χ4v) is 2.72. The minimum Gasteiger partial charge on any atom is -0.491 e. The van der Waals surface area contributed by atoms with Gasteiger partial charge in [-0.25, -0.2) is 14.4 Å². The van der Waals surface area contributed by atoms with Crippen LogP contribution in [0.1, 0.15) is 0 Å². The molecule has 4 rings (SSSR count). The van der Waals surface area contributed by atoms with Crippen molar-refractivity contribution >= 4 is 16.6 Å². The summed E-state index contributed by atoms with van der Waals surface area (Å²) >= 11 is 0. The highest BCUT2D eigenvalue weighted by molar-refractivity contribution is 5.81. The van der Waals surface area contributed by atoms with Crippen LogP contribution in [-0.4, -0.2) is 34.7 Å². The highest BCUT2D eigenvalue weighted by Crippen LogP contribution is 2.24. The molecule has 3 heterocycles. The van der Waals surface area contributed by atoms with Gasteiger partial charge in [0.15, 0.2) is 0 Å². The van der Waals surface area contributed by atoms with Crippen molar-refractivity contribution in [2.45, 2.75) is 0 Å². The van der Waals surface area contributed by atoms with Crippen molar-refractivity contribution in [3.63, 3.8) is 0 Å². The van der Waals surface area contributed by atoms with Crippen LogP contribution in [0.25, 0.3) is 27.9 Å². The van der Waals surface area contributed by atoms with Crippen LogP contribution in [-0.2, 0) is 4.74 Å². The Morgan fingerprint density at radius 2 is 2.00 bits per heavy atom. The van der Waals surface area contributed by atoms with Gasteiger partial charge < -0.3 is 9.47 Å². The maximum Gasteiger partial charge on any atom is 0.140 e. The second kappa shape index (κ2) is 6.49. The van der Waals surface area contributed by atoms with Crippen LogP contribution in [0, 0.1) is 5.82 Å². The minimum atomic E-state index is -0.266. The highest BCUT2D eigenvalue weighted by atomic mass is 19.1. The zero-order valence-corrected chi connectivity index (χ0v) is 13.6. The average molecular weight is 337 g/mol. The lowest BCUT2D eigenvalue weighted by Crippen LogP contribution is -2.04. The van der Waals surface area contributed by atoms with E-state index in [0.29, 0.717) is 13.2 Å². The zero-order valence-electron chi connectivity index (χ0n) is 13.6. The third kappa shape index (κ3) is 3.04. The molecule has 0 amide bonds. The molecule has 1 aromatic carbocycles. The molecule has 0 saturated carbocycles. The fraction of sp³-hybridized carbons (Fsp3) is 0.158. The molecular formula is C19H16FN3O2. The molecule has 0 saturated heterocycles. The maximum atomic E-state index is 13.3. The largest absolute Gasteiger partial charge is 0.491 e. The number of hydrogen-bond donors (Lipinski definition) is 0. The van der Waals surface area contributed by atoms with Crippen molar-refractivity contribution in [1.82, 2.24) is 14.4 Å². The van der Waals surface area contributed by atoms with Gasteiger partial charge in [0.25, 0.3) is 0 Å². The Labute approximate surface area is 143 Å². The van der Waals surface area contributed by atoms with Crippen molar-refractivity contribution in [3.05, 3.63) is 60.7 Å². The van der Waals surface area contributed by atoms with E-state index < -0.39 is 0 Å². The first kappa shape index (κ1) is 15.5. The predicted molar refractivity (Wildman–Crippen MR) is 93.3 cm³/mol. The Balaban J connectivity index is 1.70. The number of aromatic nitrogens is 3. The third-order valence-electron chi connectivity index (χ3n) is 3.95. The van der Waals surface area contributed by atoms with Gasteiger partial charge in [-0.3, -0.25) is 4.40 Å². The van der Waals surface area contributed by atoms with Gasteiger partial charge >= 0.3 is 0 Å². The number of hydrogen-bond acceptors (Lipinski definition) is 4. The molecule has 25 heavy (non-hydrogen) atoms. The molecule has 3 aromatic heterocycles. The zero-order chi connectivity index (χ0) is 17.2. The fourth-order valence-electron chi connectivity index (χ4n) is 2.72. The number of benzene rings is 1. The summed E-state index contributed by atoms with van der Waals surface area (Å²) in [5.41, 5.74) is 3.16. The first-order chi connectivity index (χ1) is 12.2. The van der Waals surface area contributed by atoms with E-state index in [4.69, 9.17) is 9.47 Å². The second-order valence-corrected chi connectivity index (χ2v) is 5.61. The summed E-state index contributed by atoms with van der Waals surface area (Å²) in [5, 5.41) is 0.770. The van der Waals surface area contributed by atoms with Crippen LogP contribution in [0.5, 0.6) is 5.75 Å². The van der Waals surface area contributed by atoms with Gasteiger partial charge in [0.05, 0.1) is 29.7 Å². The molecule has 0 radical (unpaired) electrons. The Kier molecular flexibility index (Phi) is 4.03. The van der Waals surface area contributed by atoms with Gasteiger partial charge in [-0.15, -0.1) is 0 Å². The molecule has 6 heteroatoms. The van der Waals surface area contributed by atoms with Gasteiger partial charge in [0.2, 0.25) is 0 Å². The quantitative estimate of drug-likeness (QED) is 0.521. The number of nitrogens with zero attached hydrogens (tertiary/aromatic N) is 3. The number of methoxy groups -OCH3 is 1. The number of fused-ring (bicyclic) bond motifs is 2. The molecule has 0 bridgehead atoms. The molecule has 0 aliphatic carbocycles. The first-order valence-electron chi connectivity index (χ1n) is 7.90. The summed E-state index contributed by atoms with van der Waals surface area (Å²) in [7, 11) is 1.64. The second-order valence-electron chi connectivity index (χ2n) is 5.61. The van der Waals surface area contributed by atoms with E-state index in [-0.39, 0.29) is 5.82 Å². The summed E-state index contributed by atoms with van der Waals surface area (Å²) in [6.45, 7) is 1.02. The summed E-state index contributed by atoms with van der Waals surface area (Å²) in [4.78, 5) is 9.05. The molecule has 0 fully saturated rings. The van der Waals surface area contributed by atoms with Crippen molar-refractivity contribution in [3.8, 4) is 17.1 Å². The van der Waals surface area contributed by atoms with E-state index in [0.717, 1.165) is 33.7 Å². The van der Waals surface area contributed by atoms with Crippen molar-refractivity contribution in [2.24, 2.45) is 0 Å². The Bertz CT molecular complexity index is 1050. The SMILES string of the molecule is COCCOc1ccn2c(-c3ccc4cc(F)ccc4n3)cnc2c1. The molecule has 0 atom stereocenters. The Hall–Kier alpha value is -2.99. The normalized spacial score (nSPS) is 11.3. The van der Waals surface area contributed by atoms with Gasteiger partial charge in [0, 0.05) is 24.8 Å². The van der Waals surface area contributed by atoms with E-state index in [2.05, 4.69) is 9.97 Å². The lowest BCUT2D eigenvalue weighted by atomic mass is 10.2.